The van der Waals surface area contributed by atoms with Crippen LogP contribution in [0.5, 0.6) is 0 Å². The molecule has 3 unspecified atom stereocenters. The topological polar surface area (TPSA) is 59.1 Å². The van der Waals surface area contributed by atoms with E-state index < -0.39 is 6.04 Å². The lowest BCUT2D eigenvalue weighted by Gasteiger charge is -2.44. The lowest BCUT2D eigenvalue weighted by atomic mass is 10.1. The number of nitrogens with zero attached hydrogens (tertiary/aromatic N) is 4. The number of benzene rings is 2. The number of hydrogen-bond acceptors (Lipinski definition) is 5. The van der Waals surface area contributed by atoms with Gasteiger partial charge in [-0.15, -0.1) is 0 Å². The second-order valence-electron chi connectivity index (χ2n) is 8.75. The Balaban J connectivity index is 1.39. The first-order chi connectivity index (χ1) is 16.0. The monoisotopic (exact) mass is 465 g/mol. The number of likely N-dealkylation sites (N-methyl/N-ethyl adjacent to an activating group) is 1. The summed E-state index contributed by atoms with van der Waals surface area (Å²) in [6.45, 7) is 3.90. The summed E-state index contributed by atoms with van der Waals surface area (Å²) in [6.07, 6.45) is 4.19. The zero-order valence-corrected chi connectivity index (χ0v) is 19.6. The predicted octanol–water partition coefficient (Wildman–Crippen LogP) is 3.35. The molecule has 8 heteroatoms. The number of nitrogens with one attached hydrogen (secondary N) is 1. The van der Waals surface area contributed by atoms with Gasteiger partial charge in [0.1, 0.15) is 18.5 Å². The Morgan fingerprint density at radius 3 is 2.67 bits per heavy atom. The van der Waals surface area contributed by atoms with Gasteiger partial charge in [0.05, 0.1) is 0 Å². The quantitative estimate of drug-likeness (QED) is 0.750. The standard InChI is InChI=1S/C25H28ClN5O2/c1-17-19(26)12-6-13-20(17)29-15-8-16-30-21-22(27-24(29)30)28(2)25(33)31(23(21)32)14-7-11-18-9-4-3-5-10-18/h3-7,9-13,21-22,24,27H,8,14-16H2,1-2H3/b11-7+. The minimum absolute atomic E-state index is 0.152. The Kier molecular flexibility index (Phi) is 5.86. The van der Waals surface area contributed by atoms with Gasteiger partial charge in [-0.25, -0.2) is 4.79 Å². The second-order valence-corrected chi connectivity index (χ2v) is 9.16. The molecule has 33 heavy (non-hydrogen) atoms. The van der Waals surface area contributed by atoms with Crippen molar-refractivity contribution < 1.29 is 9.59 Å². The highest BCUT2D eigenvalue weighted by molar-refractivity contribution is 6.31. The Bertz CT molecular complexity index is 1090. The smallest absolute Gasteiger partial charge is 0.328 e. The van der Waals surface area contributed by atoms with Crippen molar-refractivity contribution >= 4 is 35.3 Å². The third kappa shape index (κ3) is 3.80. The Hall–Kier alpha value is -2.87. The summed E-state index contributed by atoms with van der Waals surface area (Å²) < 4.78 is 0. The molecule has 3 amide bonds. The Morgan fingerprint density at radius 1 is 1.09 bits per heavy atom. The molecule has 2 aromatic rings. The van der Waals surface area contributed by atoms with Crippen LogP contribution in [0.15, 0.2) is 54.6 Å². The maximum atomic E-state index is 13.5. The van der Waals surface area contributed by atoms with Crippen molar-refractivity contribution in [3.05, 3.63) is 70.8 Å². The van der Waals surface area contributed by atoms with Gasteiger partial charge in [0, 0.05) is 37.4 Å². The summed E-state index contributed by atoms with van der Waals surface area (Å²) >= 11 is 6.39. The molecule has 0 spiro atoms. The lowest BCUT2D eigenvalue weighted by Crippen LogP contribution is -2.66. The zero-order valence-electron chi connectivity index (χ0n) is 18.8. The van der Waals surface area contributed by atoms with Gasteiger partial charge in [-0.3, -0.25) is 19.9 Å². The number of rotatable bonds is 4. The molecule has 3 fully saturated rings. The van der Waals surface area contributed by atoms with Crippen LogP contribution in [-0.4, -0.2) is 71.8 Å². The fraction of sp³-hybridized carbons (Fsp3) is 0.360. The number of fused-ring (bicyclic) bond motifs is 3. The average molecular weight is 466 g/mol. The van der Waals surface area contributed by atoms with Gasteiger partial charge in [0.2, 0.25) is 0 Å². The summed E-state index contributed by atoms with van der Waals surface area (Å²) in [4.78, 5) is 34.1. The molecule has 3 aliphatic rings. The molecule has 0 radical (unpaired) electrons. The summed E-state index contributed by atoms with van der Waals surface area (Å²) in [5.41, 5.74) is 3.10. The molecule has 3 aliphatic heterocycles. The van der Waals surface area contributed by atoms with Crippen molar-refractivity contribution in [1.82, 2.24) is 20.0 Å². The highest BCUT2D eigenvalue weighted by atomic mass is 35.5. The number of halogens is 1. The van der Waals surface area contributed by atoms with E-state index >= 15 is 0 Å². The largest absolute Gasteiger partial charge is 0.343 e. The van der Waals surface area contributed by atoms with Gasteiger partial charge in [0.15, 0.2) is 0 Å². The molecule has 2 aromatic carbocycles. The molecule has 0 bridgehead atoms. The van der Waals surface area contributed by atoms with Crippen molar-refractivity contribution in [3.8, 4) is 0 Å². The molecule has 7 nitrogen and oxygen atoms in total. The van der Waals surface area contributed by atoms with Crippen LogP contribution in [0.25, 0.3) is 6.08 Å². The average Bonchev–Trinajstić information content (AvgIpc) is 3.22. The van der Waals surface area contributed by atoms with Gasteiger partial charge in [-0.05, 0) is 36.6 Å². The number of carbonyl (C=O) groups excluding carboxylic acids is 2. The predicted molar refractivity (Wildman–Crippen MR) is 130 cm³/mol. The molecule has 3 atom stereocenters. The third-order valence-electron chi connectivity index (χ3n) is 6.82. The number of urea groups is 1. The maximum Gasteiger partial charge on any atom is 0.328 e. The molecule has 3 heterocycles. The van der Waals surface area contributed by atoms with E-state index in [-0.39, 0.29) is 30.9 Å². The van der Waals surface area contributed by atoms with E-state index in [4.69, 9.17) is 11.6 Å². The Morgan fingerprint density at radius 2 is 1.88 bits per heavy atom. The second kappa shape index (κ2) is 8.82. The maximum absolute atomic E-state index is 13.5. The van der Waals surface area contributed by atoms with E-state index in [9.17, 15) is 9.59 Å². The molecule has 5 rings (SSSR count). The minimum atomic E-state index is -0.426. The normalized spacial score (nSPS) is 25.7. The SMILES string of the molecule is Cc1c(Cl)cccc1N1CCCN2C3C(=O)N(C/C=C/c4ccccc4)C(=O)N(C)C3NC12. The van der Waals surface area contributed by atoms with Crippen LogP contribution in [0.2, 0.25) is 5.02 Å². The first kappa shape index (κ1) is 21.9. The van der Waals surface area contributed by atoms with E-state index in [0.717, 1.165) is 41.3 Å². The fourth-order valence-electron chi connectivity index (χ4n) is 5.10. The van der Waals surface area contributed by atoms with Crippen LogP contribution in [-0.2, 0) is 4.79 Å². The van der Waals surface area contributed by atoms with Gasteiger partial charge >= 0.3 is 6.03 Å². The highest BCUT2D eigenvalue weighted by Gasteiger charge is 2.55. The van der Waals surface area contributed by atoms with Crippen molar-refractivity contribution in [1.29, 1.82) is 0 Å². The van der Waals surface area contributed by atoms with E-state index in [2.05, 4.69) is 21.2 Å². The van der Waals surface area contributed by atoms with E-state index in [1.54, 1.807) is 11.9 Å². The summed E-state index contributed by atoms with van der Waals surface area (Å²) in [6, 6.07) is 15.1. The van der Waals surface area contributed by atoms with Gasteiger partial charge in [-0.1, -0.05) is 60.2 Å². The van der Waals surface area contributed by atoms with E-state index in [1.807, 2.05) is 61.5 Å². The number of imide groups is 1. The Labute approximate surface area is 199 Å². The lowest BCUT2D eigenvalue weighted by molar-refractivity contribution is -0.138. The van der Waals surface area contributed by atoms with Crippen LogP contribution in [0, 0.1) is 6.92 Å². The molecule has 0 saturated carbocycles. The van der Waals surface area contributed by atoms with Crippen LogP contribution < -0.4 is 10.2 Å². The van der Waals surface area contributed by atoms with Gasteiger partial charge in [-0.2, -0.15) is 0 Å². The van der Waals surface area contributed by atoms with Gasteiger partial charge in [0.25, 0.3) is 5.91 Å². The fourth-order valence-corrected chi connectivity index (χ4v) is 5.27. The third-order valence-corrected chi connectivity index (χ3v) is 7.23. The van der Waals surface area contributed by atoms with E-state index in [1.165, 1.54) is 4.90 Å². The number of amides is 3. The van der Waals surface area contributed by atoms with Crippen molar-refractivity contribution in [2.75, 3.05) is 31.6 Å². The first-order valence-electron chi connectivity index (χ1n) is 11.3. The van der Waals surface area contributed by atoms with Crippen molar-refractivity contribution in [2.45, 2.75) is 31.8 Å². The number of hydrogen-bond donors (Lipinski definition) is 1. The highest BCUT2D eigenvalue weighted by Crippen LogP contribution is 2.35. The first-order valence-corrected chi connectivity index (χ1v) is 11.7. The number of carbonyl (C=O) groups is 2. The zero-order chi connectivity index (χ0) is 23.1. The molecular formula is C25H28ClN5O2. The molecule has 172 valence electrons. The summed E-state index contributed by atoms with van der Waals surface area (Å²) in [5, 5.41) is 4.27. The van der Waals surface area contributed by atoms with Crippen LogP contribution >= 0.6 is 11.6 Å². The number of anilines is 1. The summed E-state index contributed by atoms with van der Waals surface area (Å²) in [5.74, 6) is -0.152. The van der Waals surface area contributed by atoms with Crippen molar-refractivity contribution in [3.63, 3.8) is 0 Å². The molecule has 3 saturated heterocycles. The minimum Gasteiger partial charge on any atom is -0.343 e. The summed E-state index contributed by atoms with van der Waals surface area (Å²) in [7, 11) is 1.76. The van der Waals surface area contributed by atoms with Crippen LogP contribution in [0.1, 0.15) is 17.5 Å². The van der Waals surface area contributed by atoms with Gasteiger partial charge < -0.3 is 9.80 Å². The molecular weight excluding hydrogens is 438 g/mol. The van der Waals surface area contributed by atoms with Crippen LogP contribution in [0.3, 0.4) is 0 Å². The van der Waals surface area contributed by atoms with Crippen molar-refractivity contribution in [2.24, 2.45) is 0 Å². The van der Waals surface area contributed by atoms with Crippen LogP contribution in [0.4, 0.5) is 10.5 Å². The molecule has 1 N–H and O–H groups in total. The molecule has 0 aliphatic carbocycles. The molecule has 0 aromatic heterocycles. The van der Waals surface area contributed by atoms with E-state index in [0.29, 0.717) is 0 Å².